The fourth-order valence-electron chi connectivity index (χ4n) is 15.8. The van der Waals surface area contributed by atoms with Crippen molar-refractivity contribution in [3.05, 3.63) is 329 Å². The molecule has 0 bridgehead atoms. The molecule has 1 atom stereocenters. The maximum absolute atomic E-state index is 10.2. The Kier molecular flexibility index (Phi) is 12.4. The predicted octanol–water partition coefficient (Wildman–Crippen LogP) is 26.6. The summed E-state index contributed by atoms with van der Waals surface area (Å²) in [5.74, 6) is -0.491. The van der Waals surface area contributed by atoms with Gasteiger partial charge in [-0.3, -0.25) is 0 Å². The second kappa shape index (κ2) is 22.9. The first-order valence-corrected chi connectivity index (χ1v) is 34.9. The molecule has 99 heavy (non-hydrogen) atoms. The summed E-state index contributed by atoms with van der Waals surface area (Å²) in [5.41, 5.74) is 27.6. The van der Waals surface area contributed by atoms with Gasteiger partial charge >= 0.3 is 0 Å². The highest BCUT2D eigenvalue weighted by atomic mass is 15.2. The SMILES string of the molecule is [2H]c1c([2H])c([2H])c2c(c1[2H])c1c([2H])c([2H])c([2H])c([2H])c1n2-c1cc2c3c(c1)N(c1c(-c4ccccc4)cc4c(c1-c1ccccc1)Cc1ccccc1-4)c1cc(C(C)(C)C)ccc1C3c1cc(-c3cc(C(C)(C)C)cc(C(C)(C)C)c3)ccc1N2c1c(-c2ccccc2)cc(C(C)(C)C)cc1-c1ccccc1. The van der Waals surface area contributed by atoms with Gasteiger partial charge in [0.1, 0.15) is 0 Å². The van der Waals surface area contributed by atoms with Crippen LogP contribution in [0.4, 0.5) is 34.1 Å². The molecule has 3 heteroatoms. The number of rotatable bonds is 8. The Morgan fingerprint density at radius 2 is 0.808 bits per heavy atom. The van der Waals surface area contributed by atoms with Crippen molar-refractivity contribution in [2.45, 2.75) is 117 Å². The van der Waals surface area contributed by atoms with Gasteiger partial charge in [-0.1, -0.05) is 301 Å². The summed E-state index contributed by atoms with van der Waals surface area (Å²) in [7, 11) is 0. The van der Waals surface area contributed by atoms with Crippen LogP contribution in [0.2, 0.25) is 0 Å². The lowest BCUT2D eigenvalue weighted by Gasteiger charge is -2.47. The molecule has 1 aromatic heterocycles. The van der Waals surface area contributed by atoms with Crippen molar-refractivity contribution >= 4 is 55.9 Å². The number of fused-ring (bicyclic) bond motifs is 10. The molecule has 13 aromatic carbocycles. The van der Waals surface area contributed by atoms with E-state index in [1.165, 1.54) is 27.8 Å². The number of nitrogens with zero attached hydrogens (tertiary/aromatic N) is 3. The highest BCUT2D eigenvalue weighted by Crippen LogP contribution is 2.66. The van der Waals surface area contributed by atoms with E-state index in [4.69, 9.17) is 0 Å². The Morgan fingerprint density at radius 3 is 1.34 bits per heavy atom. The lowest BCUT2D eigenvalue weighted by molar-refractivity contribution is 0.569. The second-order valence-electron chi connectivity index (χ2n) is 31.5. The molecule has 3 nitrogen and oxygen atoms in total. The molecule has 14 aromatic rings. The van der Waals surface area contributed by atoms with E-state index in [0.29, 0.717) is 12.1 Å². The van der Waals surface area contributed by atoms with Crippen LogP contribution in [0.25, 0.3) is 94.3 Å². The van der Waals surface area contributed by atoms with Crippen LogP contribution in [0.1, 0.15) is 150 Å². The van der Waals surface area contributed by atoms with Gasteiger partial charge in [-0.15, -0.1) is 0 Å². The van der Waals surface area contributed by atoms with E-state index < -0.39 is 42.2 Å². The normalized spacial score (nSPS) is 15.2. The monoisotopic (exact) mass is 1290 g/mol. The number of benzene rings is 13. The van der Waals surface area contributed by atoms with Crippen LogP contribution >= 0.6 is 0 Å². The minimum absolute atomic E-state index is 0.00514. The van der Waals surface area contributed by atoms with Gasteiger partial charge in [-0.25, -0.2) is 0 Å². The van der Waals surface area contributed by atoms with Crippen molar-refractivity contribution in [2.24, 2.45) is 0 Å². The first-order chi connectivity index (χ1) is 51.0. The van der Waals surface area contributed by atoms with Gasteiger partial charge in [0.05, 0.1) is 61.8 Å². The van der Waals surface area contributed by atoms with Crippen LogP contribution in [0.5, 0.6) is 0 Å². The smallest absolute Gasteiger partial charge is 0.0645 e. The Bertz CT molecular complexity index is 5880. The third-order valence-electron chi connectivity index (χ3n) is 21.0. The summed E-state index contributed by atoms with van der Waals surface area (Å²) in [6, 6.07) is 80.9. The van der Waals surface area contributed by atoms with E-state index in [1.54, 1.807) is 4.57 Å². The molecule has 1 unspecified atom stereocenters. The quantitative estimate of drug-likeness (QED) is 0.150. The van der Waals surface area contributed by atoms with Crippen LogP contribution in [0.3, 0.4) is 0 Å². The highest BCUT2D eigenvalue weighted by molar-refractivity contribution is 6.12. The third-order valence-corrected chi connectivity index (χ3v) is 21.0. The molecular formula is C96H85N3. The first-order valence-electron chi connectivity index (χ1n) is 38.9. The number of aromatic nitrogens is 1. The lowest BCUT2D eigenvalue weighted by Crippen LogP contribution is -2.31. The summed E-state index contributed by atoms with van der Waals surface area (Å²) in [6.07, 6.45) is 0.666. The molecular weight excluding hydrogens is 1200 g/mol. The molecule has 484 valence electrons. The summed E-state index contributed by atoms with van der Waals surface area (Å²) in [4.78, 5) is 4.99. The van der Waals surface area contributed by atoms with E-state index in [9.17, 15) is 11.0 Å². The zero-order chi connectivity index (χ0) is 75.0. The van der Waals surface area contributed by atoms with Gasteiger partial charge in [-0.05, 0) is 178 Å². The molecule has 0 amide bonds. The lowest BCUT2D eigenvalue weighted by atomic mass is 9.72. The molecule has 0 spiro atoms. The van der Waals surface area contributed by atoms with Crippen LogP contribution in [-0.2, 0) is 28.1 Å². The van der Waals surface area contributed by atoms with E-state index in [0.717, 1.165) is 123 Å². The van der Waals surface area contributed by atoms with E-state index >= 15 is 0 Å². The molecule has 0 N–H and O–H groups in total. The highest BCUT2D eigenvalue weighted by Gasteiger charge is 2.45. The van der Waals surface area contributed by atoms with Gasteiger partial charge in [0.15, 0.2) is 0 Å². The average molecular weight is 1290 g/mol. The Morgan fingerprint density at radius 1 is 0.333 bits per heavy atom. The zero-order valence-electron chi connectivity index (χ0n) is 66.6. The van der Waals surface area contributed by atoms with Crippen LogP contribution < -0.4 is 9.80 Å². The van der Waals surface area contributed by atoms with Gasteiger partial charge < -0.3 is 14.4 Å². The van der Waals surface area contributed by atoms with Crippen LogP contribution in [-0.4, -0.2) is 4.57 Å². The van der Waals surface area contributed by atoms with Gasteiger partial charge in [-0.2, -0.15) is 0 Å². The molecule has 0 saturated carbocycles. The average Bonchev–Trinajstić information content (AvgIpc) is 1.62. The fraction of sp³-hybridized carbons (Fsp3) is 0.188. The summed E-state index contributed by atoms with van der Waals surface area (Å²) in [5, 5.41) is 0.0103. The van der Waals surface area contributed by atoms with Crippen molar-refractivity contribution in [3.63, 3.8) is 0 Å². The largest absolute Gasteiger partial charge is 0.309 e. The summed E-state index contributed by atoms with van der Waals surface area (Å²) < 4.78 is 79.4. The van der Waals surface area contributed by atoms with Crippen molar-refractivity contribution < 1.29 is 11.0 Å². The standard InChI is InChI=1S/C96H85N3/c1-93(2,3)67-46-47-75-85(56-67)99(92-78(62-35-21-15-22-36-62)59-79-72-40-26-25-39-65(72)52-80(79)88(92)63-37-23-16-24-38-63)87-58-71(97-82-43-29-27-41-73(82)74-42-28-30-44-83(74)97)57-86-90(87)89(75)81-51-64(66-49-68(94(4,5)6)53-69(50-66)95(7,8)9)45-48-84(81)98(86)91-76(60-31-17-13-18-32-60)54-70(96(10,11)12)55-77(91)61-33-19-14-20-34-61/h13-51,53-59,89H,52H2,1-12H3/i27D,28D,29D,30D,41D,42D,43D,44D. The topological polar surface area (TPSA) is 11.4 Å². The van der Waals surface area contributed by atoms with Gasteiger partial charge in [0, 0.05) is 44.5 Å². The minimum atomic E-state index is -0.502. The number of anilines is 6. The maximum Gasteiger partial charge on any atom is 0.0645 e. The molecule has 3 heterocycles. The summed E-state index contributed by atoms with van der Waals surface area (Å²) in [6.45, 7) is 27.4. The number of hydrogen-bond donors (Lipinski definition) is 0. The van der Waals surface area contributed by atoms with E-state index in [-0.39, 0.29) is 55.6 Å². The summed E-state index contributed by atoms with van der Waals surface area (Å²) >= 11 is 0. The Balaban J connectivity index is 1.14. The molecule has 2 aliphatic heterocycles. The number of hydrogen-bond acceptors (Lipinski definition) is 2. The maximum atomic E-state index is 10.2. The van der Waals surface area contributed by atoms with Crippen LogP contribution in [0, 0.1) is 0 Å². The van der Waals surface area contributed by atoms with Gasteiger partial charge in [0.2, 0.25) is 0 Å². The van der Waals surface area contributed by atoms with Crippen molar-refractivity contribution in [1.29, 1.82) is 0 Å². The van der Waals surface area contributed by atoms with Crippen molar-refractivity contribution in [2.75, 3.05) is 9.80 Å². The first kappa shape index (κ1) is 53.3. The molecule has 17 rings (SSSR count). The predicted molar refractivity (Wildman–Crippen MR) is 421 cm³/mol. The molecule has 0 fully saturated rings. The number of para-hydroxylation sites is 2. The molecule has 0 radical (unpaired) electrons. The van der Waals surface area contributed by atoms with Crippen molar-refractivity contribution in [1.82, 2.24) is 4.57 Å². The van der Waals surface area contributed by atoms with Crippen molar-refractivity contribution in [3.8, 4) is 72.4 Å². The fourth-order valence-corrected chi connectivity index (χ4v) is 15.8. The van der Waals surface area contributed by atoms with Gasteiger partial charge in [0.25, 0.3) is 0 Å². The zero-order valence-corrected chi connectivity index (χ0v) is 58.6. The Labute approximate surface area is 596 Å². The second-order valence-corrected chi connectivity index (χ2v) is 31.5. The van der Waals surface area contributed by atoms with E-state index in [1.807, 2.05) is 0 Å². The molecule has 1 aliphatic carbocycles. The molecule has 3 aliphatic rings. The molecule has 0 saturated heterocycles. The third kappa shape index (κ3) is 10.3. The van der Waals surface area contributed by atoms with E-state index in [2.05, 4.69) is 323 Å². The Hall–Kier alpha value is -10.7. The minimum Gasteiger partial charge on any atom is -0.309 e. The van der Waals surface area contributed by atoms with Crippen LogP contribution in [0.15, 0.2) is 279 Å².